The Morgan fingerprint density at radius 2 is 2.26 bits per heavy atom. The van der Waals surface area contributed by atoms with Gasteiger partial charge in [-0.1, -0.05) is 12.1 Å². The van der Waals surface area contributed by atoms with E-state index >= 15 is 0 Å². The molecule has 0 saturated carbocycles. The van der Waals surface area contributed by atoms with Gasteiger partial charge in [0.25, 0.3) is 0 Å². The van der Waals surface area contributed by atoms with E-state index in [2.05, 4.69) is 16.7 Å². The first kappa shape index (κ1) is 13.5. The average molecular weight is 259 g/mol. The van der Waals surface area contributed by atoms with Crippen LogP contribution >= 0.6 is 0 Å². The minimum absolute atomic E-state index is 0.0103. The molecule has 1 fully saturated rings. The lowest BCUT2D eigenvalue weighted by atomic mass is 10.1. The summed E-state index contributed by atoms with van der Waals surface area (Å²) in [5.41, 5.74) is 1.60. The third-order valence-electron chi connectivity index (χ3n) is 3.29. The smallest absolute Gasteiger partial charge is 0.237 e. The van der Waals surface area contributed by atoms with E-state index in [1.165, 1.54) is 0 Å². The summed E-state index contributed by atoms with van der Waals surface area (Å²) in [4.78, 5) is 11.9. The van der Waals surface area contributed by atoms with Gasteiger partial charge in [0, 0.05) is 20.2 Å². The summed E-state index contributed by atoms with van der Waals surface area (Å²) in [7, 11) is 1.66. The molecular formula is C14H17N3O2. The molecule has 2 N–H and O–H groups in total. The first-order valence-electron chi connectivity index (χ1n) is 6.26. The van der Waals surface area contributed by atoms with E-state index in [0.717, 1.165) is 5.56 Å². The molecular weight excluding hydrogens is 242 g/mol. The van der Waals surface area contributed by atoms with Gasteiger partial charge in [0.05, 0.1) is 23.8 Å². The third-order valence-corrected chi connectivity index (χ3v) is 3.29. The van der Waals surface area contributed by atoms with Crippen molar-refractivity contribution in [3.63, 3.8) is 0 Å². The lowest BCUT2D eigenvalue weighted by molar-refractivity contribution is -0.123. The predicted octanol–water partition coefficient (Wildman–Crippen LogP) is 0.551. The Hall–Kier alpha value is -1.90. The number of benzene rings is 1. The van der Waals surface area contributed by atoms with E-state index in [4.69, 9.17) is 10.00 Å². The molecule has 0 bridgehead atoms. The molecule has 1 heterocycles. The highest BCUT2D eigenvalue weighted by Crippen LogP contribution is 2.10. The maximum atomic E-state index is 11.9. The van der Waals surface area contributed by atoms with Gasteiger partial charge in [-0.2, -0.15) is 5.26 Å². The van der Waals surface area contributed by atoms with Crippen molar-refractivity contribution in [1.29, 1.82) is 5.26 Å². The topological polar surface area (TPSA) is 74.2 Å². The van der Waals surface area contributed by atoms with Crippen molar-refractivity contribution in [2.45, 2.75) is 25.1 Å². The van der Waals surface area contributed by atoms with Gasteiger partial charge in [-0.3, -0.25) is 4.79 Å². The summed E-state index contributed by atoms with van der Waals surface area (Å²) in [5, 5.41) is 14.7. The number of ether oxygens (including phenoxy) is 1. The number of hydrogen-bond donors (Lipinski definition) is 2. The molecule has 0 aliphatic carbocycles. The summed E-state index contributed by atoms with van der Waals surface area (Å²) in [6.07, 6.45) is 0.820. The molecule has 0 radical (unpaired) electrons. The Labute approximate surface area is 112 Å². The second kappa shape index (κ2) is 6.32. The molecule has 0 aromatic heterocycles. The maximum Gasteiger partial charge on any atom is 0.237 e. The van der Waals surface area contributed by atoms with Gasteiger partial charge in [-0.15, -0.1) is 0 Å². The van der Waals surface area contributed by atoms with E-state index in [1.54, 1.807) is 19.2 Å². The first-order valence-corrected chi connectivity index (χ1v) is 6.26. The zero-order chi connectivity index (χ0) is 13.7. The van der Waals surface area contributed by atoms with Crippen LogP contribution in [0.15, 0.2) is 24.3 Å². The van der Waals surface area contributed by atoms with Crippen LogP contribution in [0.1, 0.15) is 17.5 Å². The van der Waals surface area contributed by atoms with Gasteiger partial charge in [0.2, 0.25) is 5.91 Å². The van der Waals surface area contributed by atoms with Crippen molar-refractivity contribution < 1.29 is 9.53 Å². The highest BCUT2D eigenvalue weighted by atomic mass is 16.5. The van der Waals surface area contributed by atoms with Crippen LogP contribution in [-0.2, 0) is 16.1 Å². The number of nitrogens with zero attached hydrogens (tertiary/aromatic N) is 1. The molecule has 19 heavy (non-hydrogen) atoms. The quantitative estimate of drug-likeness (QED) is 0.828. The van der Waals surface area contributed by atoms with Crippen LogP contribution < -0.4 is 10.6 Å². The van der Waals surface area contributed by atoms with E-state index in [9.17, 15) is 4.79 Å². The zero-order valence-corrected chi connectivity index (χ0v) is 10.8. The molecule has 2 atom stereocenters. The van der Waals surface area contributed by atoms with Crippen LogP contribution in [0.25, 0.3) is 0 Å². The van der Waals surface area contributed by atoms with Crippen LogP contribution in [-0.4, -0.2) is 31.7 Å². The molecule has 1 aromatic carbocycles. The number of nitriles is 1. The lowest BCUT2D eigenvalue weighted by Crippen LogP contribution is -2.39. The summed E-state index contributed by atoms with van der Waals surface area (Å²) < 4.78 is 5.21. The number of nitrogens with one attached hydrogen (secondary N) is 2. The highest BCUT2D eigenvalue weighted by Gasteiger charge is 2.28. The number of amides is 1. The summed E-state index contributed by atoms with van der Waals surface area (Å²) in [6.45, 7) is 1.19. The lowest BCUT2D eigenvalue weighted by Gasteiger charge is -2.11. The average Bonchev–Trinajstić information content (AvgIpc) is 2.94. The van der Waals surface area contributed by atoms with E-state index in [1.807, 2.05) is 12.1 Å². The first-order chi connectivity index (χ1) is 9.22. The minimum atomic E-state index is -0.177. The normalized spacial score (nSPS) is 21.9. The number of methoxy groups -OCH3 is 1. The van der Waals surface area contributed by atoms with Crippen molar-refractivity contribution in [3.8, 4) is 6.07 Å². The van der Waals surface area contributed by atoms with Crippen LogP contribution in [0.4, 0.5) is 0 Å². The number of hydrogen-bond acceptors (Lipinski definition) is 4. The van der Waals surface area contributed by atoms with Crippen LogP contribution in [0.5, 0.6) is 0 Å². The van der Waals surface area contributed by atoms with Crippen molar-refractivity contribution >= 4 is 5.91 Å². The second-order valence-corrected chi connectivity index (χ2v) is 4.58. The zero-order valence-electron chi connectivity index (χ0n) is 10.8. The fourth-order valence-corrected chi connectivity index (χ4v) is 2.09. The van der Waals surface area contributed by atoms with Crippen LogP contribution in [0, 0.1) is 11.3 Å². The molecule has 1 amide bonds. The van der Waals surface area contributed by atoms with Gasteiger partial charge in [0.15, 0.2) is 0 Å². The number of carbonyl (C=O) groups excluding carboxylic acids is 1. The van der Waals surface area contributed by atoms with Gasteiger partial charge in [-0.05, 0) is 24.1 Å². The molecule has 2 rings (SSSR count). The Balaban J connectivity index is 1.82. The van der Waals surface area contributed by atoms with E-state index in [0.29, 0.717) is 25.1 Å². The van der Waals surface area contributed by atoms with E-state index in [-0.39, 0.29) is 18.1 Å². The molecule has 100 valence electrons. The Morgan fingerprint density at radius 1 is 1.53 bits per heavy atom. The molecule has 0 spiro atoms. The molecule has 5 nitrogen and oxygen atoms in total. The number of rotatable bonds is 4. The summed E-state index contributed by atoms with van der Waals surface area (Å²) >= 11 is 0. The molecule has 1 aromatic rings. The molecule has 1 aliphatic rings. The molecule has 5 heteroatoms. The highest BCUT2D eigenvalue weighted by molar-refractivity contribution is 5.82. The van der Waals surface area contributed by atoms with Gasteiger partial charge < -0.3 is 15.4 Å². The third kappa shape index (κ3) is 3.53. The van der Waals surface area contributed by atoms with Gasteiger partial charge in [-0.25, -0.2) is 0 Å². The monoisotopic (exact) mass is 259 g/mol. The Kier molecular flexibility index (Phi) is 4.50. The van der Waals surface area contributed by atoms with Gasteiger partial charge >= 0.3 is 0 Å². The molecule has 1 aliphatic heterocycles. The second-order valence-electron chi connectivity index (χ2n) is 4.58. The van der Waals surface area contributed by atoms with Crippen molar-refractivity contribution in [2.24, 2.45) is 0 Å². The SMILES string of the molecule is COC1CNC(C(=O)NCc2ccc(C#N)cc2)C1. The number of carbonyl (C=O) groups is 1. The van der Waals surface area contributed by atoms with Crippen molar-refractivity contribution in [2.75, 3.05) is 13.7 Å². The van der Waals surface area contributed by atoms with Crippen molar-refractivity contribution in [1.82, 2.24) is 10.6 Å². The summed E-state index contributed by atoms with van der Waals surface area (Å²) in [5.74, 6) is -0.0103. The van der Waals surface area contributed by atoms with Gasteiger partial charge in [0.1, 0.15) is 0 Å². The summed E-state index contributed by atoms with van der Waals surface area (Å²) in [6, 6.07) is 9.07. The fraction of sp³-hybridized carbons (Fsp3) is 0.429. The van der Waals surface area contributed by atoms with Crippen LogP contribution in [0.3, 0.4) is 0 Å². The molecule has 2 unspecified atom stereocenters. The fourth-order valence-electron chi connectivity index (χ4n) is 2.09. The standard InChI is InChI=1S/C14H17N3O2/c1-19-12-6-13(16-9-12)14(18)17-8-11-4-2-10(7-15)3-5-11/h2-5,12-13,16H,6,8-9H2,1H3,(H,17,18). The largest absolute Gasteiger partial charge is 0.380 e. The van der Waals surface area contributed by atoms with Crippen LogP contribution in [0.2, 0.25) is 0 Å². The minimum Gasteiger partial charge on any atom is -0.380 e. The maximum absolute atomic E-state index is 11.9. The van der Waals surface area contributed by atoms with E-state index < -0.39 is 0 Å². The predicted molar refractivity (Wildman–Crippen MR) is 70.2 cm³/mol. The Morgan fingerprint density at radius 3 is 2.84 bits per heavy atom. The molecule has 1 saturated heterocycles. The Bertz CT molecular complexity index is 478. The van der Waals surface area contributed by atoms with Crippen molar-refractivity contribution in [3.05, 3.63) is 35.4 Å².